The maximum atomic E-state index is 10.6. The summed E-state index contributed by atoms with van der Waals surface area (Å²) in [6.45, 7) is 2.24. The van der Waals surface area contributed by atoms with Gasteiger partial charge in [-0.2, -0.15) is 8.42 Å². The Balaban J connectivity index is -0.00000180. The van der Waals surface area contributed by atoms with Gasteiger partial charge < -0.3 is 7.16 Å². The fourth-order valence-electron chi connectivity index (χ4n) is 2.34. The van der Waals surface area contributed by atoms with E-state index in [-0.39, 0.29) is 42.8 Å². The molecule has 0 aliphatic heterocycles. The minimum Gasteiger partial charge on any atom is -1.00 e. The summed E-state index contributed by atoms with van der Waals surface area (Å²) >= 11 is 0. The molecule has 0 heterocycles. The maximum absolute atomic E-state index is 10.6. The molecule has 0 aliphatic rings. The molecule has 0 aliphatic carbocycles. The van der Waals surface area contributed by atoms with Gasteiger partial charge in [-0.15, -0.1) is 0 Å². The average molecular weight is 331 g/mol. The van der Waals surface area contributed by atoms with E-state index in [1.54, 1.807) is 0 Å². The molecule has 21 heavy (non-hydrogen) atoms. The Kier molecular flexibility index (Phi) is 18.1. The molecule has 4 nitrogen and oxygen atoms in total. The molecule has 124 valence electrons. The molecule has 6 heteroatoms. The van der Waals surface area contributed by atoms with Gasteiger partial charge >= 0.3 is 29.6 Å². The Morgan fingerprint density at radius 1 is 0.905 bits per heavy atom. The molecule has 0 spiro atoms. The third-order valence-electron chi connectivity index (χ3n) is 3.68. The van der Waals surface area contributed by atoms with Crippen molar-refractivity contribution in [3.8, 4) is 0 Å². The van der Waals surface area contributed by atoms with Crippen LogP contribution in [0.25, 0.3) is 0 Å². The summed E-state index contributed by atoms with van der Waals surface area (Å²) in [5.74, 6) is -0.216. The SMILES string of the molecule is CCCCCCCCCCCCC(N)CCS(=O)(=O)O.[H-].[Na+]. The number of unbranched alkanes of at least 4 members (excludes halogenated alkanes) is 9. The second-order valence-electron chi connectivity index (χ2n) is 5.81. The number of nitrogens with two attached hydrogens (primary N) is 1. The summed E-state index contributed by atoms with van der Waals surface area (Å²) in [5.41, 5.74) is 5.81. The normalized spacial score (nSPS) is 12.9. The largest absolute Gasteiger partial charge is 1.00 e. The van der Waals surface area contributed by atoms with E-state index >= 15 is 0 Å². The standard InChI is InChI=1S/C15H33NO3S.Na.H/c1-2-3-4-5-6-7-8-9-10-11-12-15(16)13-14-20(17,18)19;;/h15H,2-14,16H2,1H3,(H,17,18,19);;/q;+1;-1. The van der Waals surface area contributed by atoms with Gasteiger partial charge in [-0.05, 0) is 12.8 Å². The van der Waals surface area contributed by atoms with Crippen LogP contribution in [-0.2, 0) is 10.1 Å². The Hall–Kier alpha value is 0.870. The van der Waals surface area contributed by atoms with Crippen LogP contribution >= 0.6 is 0 Å². The van der Waals surface area contributed by atoms with E-state index in [4.69, 9.17) is 10.3 Å². The van der Waals surface area contributed by atoms with Gasteiger partial charge in [-0.3, -0.25) is 4.55 Å². The van der Waals surface area contributed by atoms with Crippen LogP contribution in [0.1, 0.15) is 85.4 Å². The van der Waals surface area contributed by atoms with Gasteiger partial charge in [0.15, 0.2) is 0 Å². The van der Waals surface area contributed by atoms with Crippen LogP contribution in [0.2, 0.25) is 0 Å². The van der Waals surface area contributed by atoms with Crippen molar-refractivity contribution in [2.24, 2.45) is 5.73 Å². The molecule has 0 aromatic carbocycles. The van der Waals surface area contributed by atoms with E-state index in [1.165, 1.54) is 57.8 Å². The third-order valence-corrected chi connectivity index (χ3v) is 4.43. The van der Waals surface area contributed by atoms with Gasteiger partial charge in [0.2, 0.25) is 0 Å². The maximum Gasteiger partial charge on any atom is 1.00 e. The van der Waals surface area contributed by atoms with Crippen molar-refractivity contribution < 1.29 is 44.0 Å². The second kappa shape index (κ2) is 15.8. The summed E-state index contributed by atoms with van der Waals surface area (Å²) in [6.07, 6.45) is 14.1. The van der Waals surface area contributed by atoms with Crippen LogP contribution in [0, 0.1) is 0 Å². The molecule has 0 saturated heterocycles. The fraction of sp³-hybridized carbons (Fsp3) is 1.00. The number of hydrogen-bond donors (Lipinski definition) is 2. The van der Waals surface area contributed by atoms with Crippen molar-refractivity contribution in [3.05, 3.63) is 0 Å². The average Bonchev–Trinajstić information content (AvgIpc) is 2.38. The molecule has 3 N–H and O–H groups in total. The molecule has 1 atom stereocenters. The first-order valence-corrected chi connectivity index (χ1v) is 9.77. The predicted octanol–water partition coefficient (Wildman–Crippen LogP) is 1.02. The zero-order valence-corrected chi connectivity index (χ0v) is 16.8. The topological polar surface area (TPSA) is 80.4 Å². The second-order valence-corrected chi connectivity index (χ2v) is 7.38. The van der Waals surface area contributed by atoms with E-state index in [9.17, 15) is 8.42 Å². The molecule has 0 aromatic rings. The molecule has 1 unspecified atom stereocenters. The number of rotatable bonds is 14. The van der Waals surface area contributed by atoms with Gasteiger partial charge in [0.1, 0.15) is 0 Å². The van der Waals surface area contributed by atoms with E-state index in [1.807, 2.05) is 0 Å². The monoisotopic (exact) mass is 331 g/mol. The molecule has 0 rings (SSSR count). The zero-order valence-electron chi connectivity index (χ0n) is 15.0. The summed E-state index contributed by atoms with van der Waals surface area (Å²) in [4.78, 5) is 0. The first kappa shape index (κ1) is 24.1. The van der Waals surface area contributed by atoms with E-state index in [0.717, 1.165) is 12.8 Å². The molecular formula is C15H34NNaO3S. The van der Waals surface area contributed by atoms with Gasteiger partial charge in [-0.25, -0.2) is 0 Å². The molecule has 0 aromatic heterocycles. The quantitative estimate of drug-likeness (QED) is 0.283. The van der Waals surface area contributed by atoms with Crippen LogP contribution in [0.4, 0.5) is 0 Å². The summed E-state index contributed by atoms with van der Waals surface area (Å²) in [6, 6.07) is -0.106. The molecule has 0 fully saturated rings. The van der Waals surface area contributed by atoms with Crippen LogP contribution in [0.5, 0.6) is 0 Å². The van der Waals surface area contributed by atoms with Crippen molar-refractivity contribution in [3.63, 3.8) is 0 Å². The van der Waals surface area contributed by atoms with Crippen LogP contribution in [0.15, 0.2) is 0 Å². The Labute approximate surface area is 155 Å². The first-order valence-electron chi connectivity index (χ1n) is 8.16. The molecule has 0 radical (unpaired) electrons. The summed E-state index contributed by atoms with van der Waals surface area (Å²) < 4.78 is 29.8. The Bertz CT molecular complexity index is 316. The van der Waals surface area contributed by atoms with E-state index in [2.05, 4.69) is 6.92 Å². The first-order chi connectivity index (χ1) is 9.45. The molecule has 0 amide bonds. The van der Waals surface area contributed by atoms with Crippen molar-refractivity contribution in [2.45, 2.75) is 90.0 Å². The van der Waals surface area contributed by atoms with Crippen molar-refractivity contribution >= 4 is 10.1 Å². The zero-order chi connectivity index (χ0) is 15.3. The van der Waals surface area contributed by atoms with Gasteiger partial charge in [-0.1, -0.05) is 71.1 Å². The van der Waals surface area contributed by atoms with Crippen molar-refractivity contribution in [2.75, 3.05) is 5.75 Å². The minimum atomic E-state index is -3.85. The van der Waals surface area contributed by atoms with Gasteiger partial charge in [0.25, 0.3) is 10.1 Å². The smallest absolute Gasteiger partial charge is 1.00 e. The number of hydrogen-bond acceptors (Lipinski definition) is 3. The molecular weight excluding hydrogens is 297 g/mol. The molecule has 0 saturated carbocycles. The fourth-order valence-corrected chi connectivity index (χ4v) is 2.94. The van der Waals surface area contributed by atoms with Gasteiger partial charge in [0.05, 0.1) is 5.75 Å². The van der Waals surface area contributed by atoms with Crippen molar-refractivity contribution in [1.29, 1.82) is 0 Å². The summed E-state index contributed by atoms with van der Waals surface area (Å²) in [5, 5.41) is 0. The van der Waals surface area contributed by atoms with E-state index < -0.39 is 10.1 Å². The minimum absolute atomic E-state index is 0. The third kappa shape index (κ3) is 20.9. The Morgan fingerprint density at radius 3 is 1.76 bits per heavy atom. The Morgan fingerprint density at radius 2 is 1.33 bits per heavy atom. The van der Waals surface area contributed by atoms with Crippen LogP contribution < -0.4 is 35.3 Å². The van der Waals surface area contributed by atoms with Crippen LogP contribution in [-0.4, -0.2) is 24.8 Å². The van der Waals surface area contributed by atoms with E-state index in [0.29, 0.717) is 6.42 Å². The summed E-state index contributed by atoms with van der Waals surface area (Å²) in [7, 11) is -3.85. The van der Waals surface area contributed by atoms with Crippen molar-refractivity contribution in [1.82, 2.24) is 0 Å². The molecule has 0 bridgehead atoms. The van der Waals surface area contributed by atoms with Crippen LogP contribution in [0.3, 0.4) is 0 Å². The van der Waals surface area contributed by atoms with Gasteiger partial charge in [0, 0.05) is 6.04 Å². The predicted molar refractivity (Wildman–Crippen MR) is 86.6 cm³/mol.